The van der Waals surface area contributed by atoms with Crippen LogP contribution in [0, 0.1) is 0 Å². The zero-order chi connectivity index (χ0) is 16.8. The van der Waals surface area contributed by atoms with Gasteiger partial charge in [-0.1, -0.05) is 42.5 Å². The summed E-state index contributed by atoms with van der Waals surface area (Å²) in [6.45, 7) is 0. The summed E-state index contributed by atoms with van der Waals surface area (Å²) in [6.07, 6.45) is 4.96. The van der Waals surface area contributed by atoms with Crippen LogP contribution in [0.5, 0.6) is 0 Å². The summed E-state index contributed by atoms with van der Waals surface area (Å²) in [5.74, 6) is -2.32. The molecule has 8 heteroatoms. The second kappa shape index (κ2) is 8.17. The van der Waals surface area contributed by atoms with Crippen LogP contribution in [0.25, 0.3) is 0 Å². The number of benzene rings is 1. The molecule has 3 N–H and O–H groups in total. The molecule has 23 heavy (non-hydrogen) atoms. The van der Waals surface area contributed by atoms with Gasteiger partial charge in [-0.25, -0.2) is 0 Å². The summed E-state index contributed by atoms with van der Waals surface area (Å²) >= 11 is 11.6. The van der Waals surface area contributed by atoms with Gasteiger partial charge in [0.15, 0.2) is 0 Å². The molecule has 3 amide bonds. The van der Waals surface area contributed by atoms with Crippen LogP contribution in [0.3, 0.4) is 0 Å². The van der Waals surface area contributed by atoms with Crippen molar-refractivity contribution in [3.8, 4) is 0 Å². The Bertz CT molecular complexity index is 616. The molecule has 0 unspecified atom stereocenters. The van der Waals surface area contributed by atoms with E-state index in [1.807, 2.05) is 0 Å². The van der Waals surface area contributed by atoms with Gasteiger partial charge < -0.3 is 5.32 Å². The fraction of sp³-hybridized carbons (Fsp3) is 0.400. The molecular weight excluding hydrogens is 341 g/mol. The first kappa shape index (κ1) is 17.6. The quantitative estimate of drug-likeness (QED) is 0.560. The molecule has 1 saturated carbocycles. The van der Waals surface area contributed by atoms with Gasteiger partial charge in [0.05, 0.1) is 10.6 Å². The van der Waals surface area contributed by atoms with E-state index in [2.05, 4.69) is 16.2 Å². The average molecular weight is 358 g/mol. The van der Waals surface area contributed by atoms with Gasteiger partial charge in [0.2, 0.25) is 0 Å². The highest BCUT2D eigenvalue weighted by Gasteiger charge is 2.21. The van der Waals surface area contributed by atoms with Gasteiger partial charge in [0.25, 0.3) is 5.91 Å². The molecule has 0 atom stereocenters. The Hall–Kier alpha value is -1.79. The summed E-state index contributed by atoms with van der Waals surface area (Å²) in [5.41, 5.74) is 4.36. The number of hydrazine groups is 1. The number of amides is 3. The van der Waals surface area contributed by atoms with Crippen molar-refractivity contribution in [2.24, 2.45) is 0 Å². The molecular formula is C15H17Cl2N3O3. The first-order valence-electron chi connectivity index (χ1n) is 7.33. The van der Waals surface area contributed by atoms with E-state index in [-0.39, 0.29) is 16.6 Å². The highest BCUT2D eigenvalue weighted by Crippen LogP contribution is 2.20. The van der Waals surface area contributed by atoms with Gasteiger partial charge in [0, 0.05) is 11.1 Å². The third-order valence-corrected chi connectivity index (χ3v) is 4.16. The van der Waals surface area contributed by atoms with E-state index in [1.54, 1.807) is 0 Å². The van der Waals surface area contributed by atoms with Gasteiger partial charge >= 0.3 is 11.8 Å². The van der Waals surface area contributed by atoms with E-state index in [0.29, 0.717) is 5.02 Å². The summed E-state index contributed by atoms with van der Waals surface area (Å²) in [6, 6.07) is 4.35. The van der Waals surface area contributed by atoms with Crippen molar-refractivity contribution in [1.82, 2.24) is 16.2 Å². The van der Waals surface area contributed by atoms with Crippen molar-refractivity contribution in [2.45, 2.75) is 38.1 Å². The summed E-state index contributed by atoms with van der Waals surface area (Å²) < 4.78 is 0. The van der Waals surface area contributed by atoms with Crippen LogP contribution < -0.4 is 16.2 Å². The fourth-order valence-electron chi connectivity index (χ4n) is 2.41. The zero-order valence-corrected chi connectivity index (χ0v) is 13.8. The highest BCUT2D eigenvalue weighted by molar-refractivity contribution is 6.37. The predicted molar refractivity (Wildman–Crippen MR) is 87.1 cm³/mol. The Labute approximate surface area is 143 Å². The molecule has 124 valence electrons. The molecule has 0 heterocycles. The van der Waals surface area contributed by atoms with Crippen LogP contribution >= 0.6 is 23.2 Å². The lowest BCUT2D eigenvalue weighted by atomic mass is 9.95. The number of carbonyl (C=O) groups is 3. The molecule has 1 aliphatic carbocycles. The number of hydrogen-bond acceptors (Lipinski definition) is 3. The lowest BCUT2D eigenvalue weighted by Gasteiger charge is -2.22. The molecule has 1 aliphatic rings. The Balaban J connectivity index is 1.83. The monoisotopic (exact) mass is 357 g/mol. The third kappa shape index (κ3) is 5.11. The van der Waals surface area contributed by atoms with Gasteiger partial charge in [-0.3, -0.25) is 25.2 Å². The van der Waals surface area contributed by atoms with Crippen molar-refractivity contribution in [1.29, 1.82) is 0 Å². The van der Waals surface area contributed by atoms with Crippen molar-refractivity contribution in [3.05, 3.63) is 33.8 Å². The van der Waals surface area contributed by atoms with Crippen molar-refractivity contribution in [2.75, 3.05) is 0 Å². The van der Waals surface area contributed by atoms with E-state index in [9.17, 15) is 14.4 Å². The third-order valence-electron chi connectivity index (χ3n) is 3.61. The number of halogens is 2. The Morgan fingerprint density at radius 1 is 0.957 bits per heavy atom. The molecule has 0 spiro atoms. The van der Waals surface area contributed by atoms with Gasteiger partial charge in [-0.15, -0.1) is 0 Å². The maximum absolute atomic E-state index is 11.9. The van der Waals surface area contributed by atoms with Gasteiger partial charge in [-0.2, -0.15) is 0 Å². The highest BCUT2D eigenvalue weighted by atomic mass is 35.5. The Kier molecular flexibility index (Phi) is 6.24. The molecule has 1 aromatic rings. The molecule has 0 aliphatic heterocycles. The minimum Gasteiger partial charge on any atom is -0.345 e. The van der Waals surface area contributed by atoms with Crippen molar-refractivity contribution >= 4 is 40.9 Å². The van der Waals surface area contributed by atoms with Crippen LogP contribution in [0.2, 0.25) is 10.0 Å². The van der Waals surface area contributed by atoms with E-state index >= 15 is 0 Å². The maximum atomic E-state index is 11.9. The minimum atomic E-state index is -0.922. The molecule has 2 rings (SSSR count). The van der Waals surface area contributed by atoms with Gasteiger partial charge in [-0.05, 0) is 31.0 Å². The molecule has 0 aromatic heterocycles. The largest absolute Gasteiger partial charge is 0.345 e. The maximum Gasteiger partial charge on any atom is 0.327 e. The second-order valence-corrected chi connectivity index (χ2v) is 6.18. The minimum absolute atomic E-state index is 0.0170. The van der Waals surface area contributed by atoms with Crippen molar-refractivity contribution in [3.63, 3.8) is 0 Å². The summed E-state index contributed by atoms with van der Waals surface area (Å²) in [4.78, 5) is 35.4. The smallest absolute Gasteiger partial charge is 0.327 e. The number of hydrogen-bond donors (Lipinski definition) is 3. The lowest BCUT2D eigenvalue weighted by molar-refractivity contribution is -0.140. The van der Waals surface area contributed by atoms with E-state index in [4.69, 9.17) is 23.2 Å². The van der Waals surface area contributed by atoms with Crippen LogP contribution in [-0.2, 0) is 9.59 Å². The summed E-state index contributed by atoms with van der Waals surface area (Å²) in [7, 11) is 0. The number of rotatable bonds is 2. The molecule has 0 radical (unpaired) electrons. The van der Waals surface area contributed by atoms with Crippen LogP contribution in [0.15, 0.2) is 18.2 Å². The Morgan fingerprint density at radius 3 is 2.30 bits per heavy atom. The van der Waals surface area contributed by atoms with Crippen molar-refractivity contribution < 1.29 is 14.4 Å². The predicted octanol–water partition coefficient (Wildman–Crippen LogP) is 2.20. The second-order valence-electron chi connectivity index (χ2n) is 5.34. The normalized spacial score (nSPS) is 14.9. The van der Waals surface area contributed by atoms with Crippen LogP contribution in [-0.4, -0.2) is 23.8 Å². The SMILES string of the molecule is O=C(NNC(=O)c1ccc(Cl)cc1Cl)C(=O)NC1CCCCC1. The topological polar surface area (TPSA) is 87.3 Å². The fourth-order valence-corrected chi connectivity index (χ4v) is 2.90. The molecule has 0 bridgehead atoms. The molecule has 1 fully saturated rings. The van der Waals surface area contributed by atoms with E-state index in [0.717, 1.165) is 32.1 Å². The first-order chi connectivity index (χ1) is 11.0. The summed E-state index contributed by atoms with van der Waals surface area (Å²) in [5, 5.41) is 3.20. The van der Waals surface area contributed by atoms with E-state index in [1.165, 1.54) is 18.2 Å². The van der Waals surface area contributed by atoms with Crippen LogP contribution in [0.4, 0.5) is 0 Å². The number of nitrogens with one attached hydrogen (secondary N) is 3. The Morgan fingerprint density at radius 2 is 1.65 bits per heavy atom. The van der Waals surface area contributed by atoms with Crippen LogP contribution in [0.1, 0.15) is 42.5 Å². The first-order valence-corrected chi connectivity index (χ1v) is 8.09. The molecule has 0 saturated heterocycles. The average Bonchev–Trinajstić information content (AvgIpc) is 2.53. The lowest BCUT2D eigenvalue weighted by Crippen LogP contribution is -2.50. The zero-order valence-electron chi connectivity index (χ0n) is 12.3. The molecule has 1 aromatic carbocycles. The molecule has 6 nitrogen and oxygen atoms in total. The van der Waals surface area contributed by atoms with Gasteiger partial charge in [0.1, 0.15) is 0 Å². The number of carbonyl (C=O) groups excluding carboxylic acids is 3. The van der Waals surface area contributed by atoms with E-state index < -0.39 is 17.7 Å². The standard InChI is InChI=1S/C15H17Cl2N3O3/c16-9-6-7-11(12(17)8-9)13(21)19-20-15(23)14(22)18-10-4-2-1-3-5-10/h6-8,10H,1-5H2,(H,18,22)(H,19,21)(H,20,23).